The summed E-state index contributed by atoms with van der Waals surface area (Å²) in [5.41, 5.74) is 5.79. The van der Waals surface area contributed by atoms with Crippen LogP contribution in [-0.4, -0.2) is 63.5 Å². The minimum atomic E-state index is -1.01. The third-order valence-electron chi connectivity index (χ3n) is 9.14. The number of alkyl halides is 1. The van der Waals surface area contributed by atoms with E-state index in [1.54, 1.807) is 23.4 Å². The fraction of sp³-hybridized carbons (Fsp3) is 0.467. The normalized spacial score (nSPS) is 27.2. The highest BCUT2D eigenvalue weighted by Gasteiger charge is 2.68. The lowest BCUT2D eigenvalue weighted by atomic mass is 9.40. The number of halogens is 1. The number of allylic oxidation sites excluding steroid dienone is 1. The molecular formula is C30H33ClN4O3. The van der Waals surface area contributed by atoms with Gasteiger partial charge >= 0.3 is 5.97 Å². The highest BCUT2D eigenvalue weighted by Crippen LogP contribution is 2.75. The van der Waals surface area contributed by atoms with Crippen LogP contribution in [0, 0.1) is 5.41 Å². The summed E-state index contributed by atoms with van der Waals surface area (Å²) in [5.74, 6) is -0.156. The molecule has 7 nitrogen and oxygen atoms in total. The second-order valence-electron chi connectivity index (χ2n) is 11.7. The number of pyridine rings is 1. The van der Waals surface area contributed by atoms with Crippen molar-refractivity contribution in [2.24, 2.45) is 5.41 Å². The maximum Gasteiger partial charge on any atom is 0.339 e. The zero-order valence-corrected chi connectivity index (χ0v) is 22.3. The Labute approximate surface area is 227 Å². The third-order valence-corrected chi connectivity index (χ3v) is 9.54. The van der Waals surface area contributed by atoms with Crippen LogP contribution in [0.15, 0.2) is 53.9 Å². The lowest BCUT2D eigenvalue weighted by Gasteiger charge is -2.69. The van der Waals surface area contributed by atoms with Crippen LogP contribution in [0.4, 0.5) is 5.69 Å². The minimum Gasteiger partial charge on any atom is -0.478 e. The topological polar surface area (TPSA) is 81.7 Å². The number of piperazine rings is 1. The van der Waals surface area contributed by atoms with Crippen molar-refractivity contribution in [2.75, 3.05) is 37.6 Å². The van der Waals surface area contributed by atoms with Gasteiger partial charge in [0.15, 0.2) is 0 Å². The Morgan fingerprint density at radius 1 is 1.08 bits per heavy atom. The Morgan fingerprint density at radius 3 is 2.63 bits per heavy atom. The van der Waals surface area contributed by atoms with Crippen molar-refractivity contribution < 1.29 is 14.6 Å². The highest BCUT2D eigenvalue weighted by atomic mass is 35.5. The zero-order chi connectivity index (χ0) is 25.9. The molecule has 3 heterocycles. The van der Waals surface area contributed by atoms with Gasteiger partial charge < -0.3 is 19.7 Å². The average molecular weight is 533 g/mol. The van der Waals surface area contributed by atoms with E-state index in [0.29, 0.717) is 16.9 Å². The van der Waals surface area contributed by atoms with E-state index in [9.17, 15) is 9.90 Å². The van der Waals surface area contributed by atoms with Gasteiger partial charge in [-0.2, -0.15) is 0 Å². The molecule has 4 aliphatic carbocycles. The Hall–Kier alpha value is -3.03. The molecular weight excluding hydrogens is 500 g/mol. The van der Waals surface area contributed by atoms with Crippen LogP contribution in [0.5, 0.6) is 11.5 Å². The number of carbonyl (C=O) groups is 1. The van der Waals surface area contributed by atoms with Crippen LogP contribution in [-0.2, 0) is 0 Å². The van der Waals surface area contributed by atoms with Crippen molar-refractivity contribution in [3.05, 3.63) is 59.4 Å². The number of nitrogens with zero attached hydrogens (tertiary/aromatic N) is 3. The fourth-order valence-electron chi connectivity index (χ4n) is 7.27. The Kier molecular flexibility index (Phi) is 5.71. The lowest BCUT2D eigenvalue weighted by Crippen LogP contribution is -2.64. The highest BCUT2D eigenvalue weighted by molar-refractivity contribution is 6.26. The van der Waals surface area contributed by atoms with Crippen LogP contribution < -0.4 is 9.64 Å². The van der Waals surface area contributed by atoms with E-state index >= 15 is 0 Å². The molecule has 0 atom stereocenters. The summed E-state index contributed by atoms with van der Waals surface area (Å²) >= 11 is 6.61. The van der Waals surface area contributed by atoms with Crippen molar-refractivity contribution >= 4 is 34.3 Å². The standard InChI is InChI=1S/C30H33ClN4O3/c31-30-17-29(18-30,19-30)25-4-2-1-3-21(25)16-34-9-11-35(12-10-34)22-5-6-24(28(36)37)26(14-22)38-23-13-20-7-8-32-27(20)33-15-23/h5-8,13-15H,1-4,9-12,16-19H2,(H,32,33)(H,36,37). The van der Waals surface area contributed by atoms with Gasteiger partial charge in [0, 0.05) is 60.9 Å². The van der Waals surface area contributed by atoms with E-state index in [1.807, 2.05) is 30.5 Å². The number of fused-ring (bicyclic) bond motifs is 1. The van der Waals surface area contributed by atoms with Gasteiger partial charge in [-0.15, -0.1) is 11.6 Å². The number of anilines is 1. The van der Waals surface area contributed by atoms with Gasteiger partial charge in [-0.25, -0.2) is 9.78 Å². The number of nitrogens with one attached hydrogen (secondary N) is 1. The molecule has 2 bridgehead atoms. The number of carboxylic acids is 1. The maximum atomic E-state index is 11.9. The monoisotopic (exact) mass is 532 g/mol. The fourth-order valence-corrected chi connectivity index (χ4v) is 8.04. The van der Waals surface area contributed by atoms with E-state index in [2.05, 4.69) is 19.8 Å². The molecule has 5 aliphatic rings. The predicted octanol–water partition coefficient (Wildman–Crippen LogP) is 6.21. The molecule has 1 aromatic carbocycles. The first-order valence-corrected chi connectivity index (χ1v) is 14.1. The third kappa shape index (κ3) is 4.16. The first-order chi connectivity index (χ1) is 18.4. The van der Waals surface area contributed by atoms with Crippen molar-refractivity contribution in [3.8, 4) is 11.5 Å². The van der Waals surface area contributed by atoms with Crippen LogP contribution in [0.2, 0.25) is 0 Å². The van der Waals surface area contributed by atoms with Crippen LogP contribution in [0.3, 0.4) is 0 Å². The molecule has 0 spiro atoms. The van der Waals surface area contributed by atoms with Crippen LogP contribution >= 0.6 is 11.6 Å². The number of rotatable bonds is 7. The summed E-state index contributed by atoms with van der Waals surface area (Å²) in [4.78, 5) is 24.4. The Balaban J connectivity index is 1.04. The minimum absolute atomic E-state index is 0.130. The Morgan fingerprint density at radius 2 is 1.87 bits per heavy atom. The number of aromatic amines is 1. The van der Waals surface area contributed by atoms with E-state index in [1.165, 1.54) is 44.9 Å². The van der Waals surface area contributed by atoms with Crippen molar-refractivity contribution in [1.82, 2.24) is 14.9 Å². The molecule has 0 unspecified atom stereocenters. The van der Waals surface area contributed by atoms with Crippen molar-refractivity contribution in [3.63, 3.8) is 0 Å². The van der Waals surface area contributed by atoms with Gasteiger partial charge in [-0.05, 0) is 74.6 Å². The smallest absolute Gasteiger partial charge is 0.339 e. The number of aromatic carboxylic acids is 1. The molecule has 38 heavy (non-hydrogen) atoms. The van der Waals surface area contributed by atoms with Crippen LogP contribution in [0.25, 0.3) is 11.0 Å². The second kappa shape index (κ2) is 9.02. The van der Waals surface area contributed by atoms with E-state index in [4.69, 9.17) is 16.3 Å². The molecule has 1 aliphatic heterocycles. The van der Waals surface area contributed by atoms with Crippen molar-refractivity contribution in [2.45, 2.75) is 49.8 Å². The quantitative estimate of drug-likeness (QED) is 0.278. The summed E-state index contributed by atoms with van der Waals surface area (Å²) < 4.78 is 6.06. The summed E-state index contributed by atoms with van der Waals surface area (Å²) in [7, 11) is 0. The second-order valence-corrected chi connectivity index (χ2v) is 12.5. The van der Waals surface area contributed by atoms with Gasteiger partial charge in [0.05, 0.1) is 6.20 Å². The van der Waals surface area contributed by atoms with Gasteiger partial charge in [0.25, 0.3) is 0 Å². The summed E-state index contributed by atoms with van der Waals surface area (Å²) in [6.07, 6.45) is 12.2. The lowest BCUT2D eigenvalue weighted by molar-refractivity contribution is -0.0491. The number of carboxylic acid groups (broad SMARTS) is 1. The number of ether oxygens (including phenoxy) is 1. The summed E-state index contributed by atoms with van der Waals surface area (Å²) in [5, 5.41) is 10.7. The number of hydrogen-bond donors (Lipinski definition) is 2. The summed E-state index contributed by atoms with van der Waals surface area (Å²) in [6.45, 7) is 4.88. The predicted molar refractivity (Wildman–Crippen MR) is 149 cm³/mol. The number of benzene rings is 1. The number of hydrogen-bond acceptors (Lipinski definition) is 5. The molecule has 2 aromatic heterocycles. The molecule has 8 rings (SSSR count). The number of H-pyrrole nitrogens is 1. The molecule has 4 fully saturated rings. The Bertz CT molecular complexity index is 1420. The largest absolute Gasteiger partial charge is 0.478 e. The molecule has 0 radical (unpaired) electrons. The molecule has 3 saturated carbocycles. The molecule has 2 N–H and O–H groups in total. The SMILES string of the molecule is O=C(O)c1ccc(N2CCN(CC3=C(C45CC(Cl)(C4)C5)CCCC3)CC2)cc1Oc1cnc2[nH]ccc2c1. The van der Waals surface area contributed by atoms with E-state index in [0.717, 1.165) is 49.4 Å². The van der Waals surface area contributed by atoms with Gasteiger partial charge in [-0.1, -0.05) is 11.1 Å². The van der Waals surface area contributed by atoms with E-state index < -0.39 is 5.97 Å². The van der Waals surface area contributed by atoms with E-state index in [-0.39, 0.29) is 10.4 Å². The summed E-state index contributed by atoms with van der Waals surface area (Å²) in [6, 6.07) is 9.18. The molecule has 8 heteroatoms. The first-order valence-electron chi connectivity index (χ1n) is 13.8. The first kappa shape index (κ1) is 24.0. The molecule has 1 saturated heterocycles. The zero-order valence-electron chi connectivity index (χ0n) is 21.5. The van der Waals surface area contributed by atoms with Gasteiger partial charge in [0.1, 0.15) is 22.7 Å². The average Bonchev–Trinajstić information content (AvgIpc) is 3.35. The molecule has 0 amide bonds. The molecule has 198 valence electrons. The van der Waals surface area contributed by atoms with Gasteiger partial charge in [0.2, 0.25) is 0 Å². The van der Waals surface area contributed by atoms with Crippen LogP contribution in [0.1, 0.15) is 55.3 Å². The number of aromatic nitrogens is 2. The maximum absolute atomic E-state index is 11.9. The molecule has 3 aromatic rings. The van der Waals surface area contributed by atoms with Gasteiger partial charge in [-0.3, -0.25) is 4.90 Å². The van der Waals surface area contributed by atoms with Crippen molar-refractivity contribution in [1.29, 1.82) is 0 Å².